The summed E-state index contributed by atoms with van der Waals surface area (Å²) in [7, 11) is -4.94. The van der Waals surface area contributed by atoms with Crippen LogP contribution in [0.5, 0.6) is 0 Å². The summed E-state index contributed by atoms with van der Waals surface area (Å²) in [5, 5.41) is 7.74. The monoisotopic (exact) mass is 446 g/mol. The number of hydrogen-bond acceptors (Lipinski definition) is 6. The first-order chi connectivity index (χ1) is 14.6. The number of carbonyl (C=O) groups excluding carboxylic acids is 1. The third-order valence-electron chi connectivity index (χ3n) is 4.98. The molecule has 0 bridgehead atoms. The molecule has 0 aliphatic heterocycles. The molecule has 1 N–H and O–H groups in total. The Labute approximate surface area is 181 Å². The number of nitrogens with zero attached hydrogens (tertiary/aromatic N) is 3. The SMILES string of the molecule is CC(C)C(=O)N[C@@H]1c2ccccc2C[C@H]1[n+]1cnn(-c2ccccc2)c1.[O-][Cl+3]([O-])([O-])[O-]. The molecule has 4 rings (SSSR count). The fourth-order valence-electron chi connectivity index (χ4n) is 3.53. The van der Waals surface area contributed by atoms with E-state index in [1.54, 1.807) is 0 Å². The molecule has 10 heteroatoms. The van der Waals surface area contributed by atoms with Gasteiger partial charge in [-0.05, 0) is 23.3 Å². The molecule has 9 nitrogen and oxygen atoms in total. The summed E-state index contributed by atoms with van der Waals surface area (Å²) in [5.41, 5.74) is 3.50. The van der Waals surface area contributed by atoms with E-state index in [9.17, 15) is 4.79 Å². The highest BCUT2D eigenvalue weighted by Crippen LogP contribution is 2.36. The Morgan fingerprint density at radius 1 is 1.10 bits per heavy atom. The Morgan fingerprint density at radius 3 is 2.35 bits per heavy atom. The molecule has 1 heterocycles. The van der Waals surface area contributed by atoms with Crippen LogP contribution < -0.4 is 28.5 Å². The third-order valence-corrected chi connectivity index (χ3v) is 4.98. The molecule has 3 aromatic rings. The molecule has 0 fully saturated rings. The lowest BCUT2D eigenvalue weighted by molar-refractivity contribution is -2.00. The van der Waals surface area contributed by atoms with Gasteiger partial charge in [0.15, 0.2) is 0 Å². The molecule has 2 aromatic carbocycles. The highest BCUT2D eigenvalue weighted by Gasteiger charge is 2.37. The number of hydrogen-bond donors (Lipinski definition) is 1. The average Bonchev–Trinajstić information content (AvgIpc) is 3.33. The number of nitrogens with one attached hydrogen (secondary N) is 1. The summed E-state index contributed by atoms with van der Waals surface area (Å²) in [6.45, 7) is 3.84. The number of amides is 1. The van der Waals surface area contributed by atoms with Crippen molar-refractivity contribution in [3.63, 3.8) is 0 Å². The second-order valence-electron chi connectivity index (χ2n) is 7.46. The molecule has 0 radical (unpaired) electrons. The van der Waals surface area contributed by atoms with Gasteiger partial charge in [0.2, 0.25) is 12.2 Å². The van der Waals surface area contributed by atoms with Crippen molar-refractivity contribution in [2.45, 2.75) is 32.4 Å². The molecule has 1 aliphatic carbocycles. The number of fused-ring (bicyclic) bond motifs is 1. The summed E-state index contributed by atoms with van der Waals surface area (Å²) < 4.78 is 37.9. The molecule has 164 valence electrons. The van der Waals surface area contributed by atoms with Crippen molar-refractivity contribution in [2.75, 3.05) is 0 Å². The highest BCUT2D eigenvalue weighted by molar-refractivity contribution is 5.78. The maximum atomic E-state index is 12.4. The normalized spacial score (nSPS) is 17.6. The predicted octanol–water partition coefficient (Wildman–Crippen LogP) is -1.99. The van der Waals surface area contributed by atoms with E-state index >= 15 is 0 Å². The fourth-order valence-corrected chi connectivity index (χ4v) is 3.53. The minimum absolute atomic E-state index is 0.0412. The Kier molecular flexibility index (Phi) is 7.04. The Hall–Kier alpha value is -2.82. The van der Waals surface area contributed by atoms with Gasteiger partial charge < -0.3 is 5.32 Å². The van der Waals surface area contributed by atoms with Crippen LogP contribution in [0.4, 0.5) is 0 Å². The van der Waals surface area contributed by atoms with Crippen LogP contribution in [-0.2, 0) is 11.2 Å². The van der Waals surface area contributed by atoms with Crippen LogP contribution >= 0.6 is 0 Å². The summed E-state index contributed by atoms with van der Waals surface area (Å²) in [6, 6.07) is 18.5. The number of rotatable bonds is 4. The largest absolute Gasteiger partial charge is 0.346 e. The summed E-state index contributed by atoms with van der Waals surface area (Å²) in [6.07, 6.45) is 4.73. The van der Waals surface area contributed by atoms with Crippen molar-refractivity contribution >= 4 is 5.91 Å². The number of benzene rings is 2. The van der Waals surface area contributed by atoms with E-state index in [0.717, 1.165) is 12.1 Å². The van der Waals surface area contributed by atoms with Gasteiger partial charge in [-0.1, -0.05) is 61.0 Å². The van der Waals surface area contributed by atoms with Gasteiger partial charge in [0.25, 0.3) is 6.33 Å². The Morgan fingerprint density at radius 2 is 1.71 bits per heavy atom. The molecule has 1 aliphatic rings. The Bertz CT molecular complexity index is 1010. The number of carbonyl (C=O) groups is 1. The average molecular weight is 447 g/mol. The maximum Gasteiger partial charge on any atom is 0.265 e. The predicted molar refractivity (Wildman–Crippen MR) is 98.7 cm³/mol. The first kappa shape index (κ1) is 22.9. The van der Waals surface area contributed by atoms with Gasteiger partial charge in [-0.15, -0.1) is 10.2 Å². The van der Waals surface area contributed by atoms with Crippen LogP contribution in [0.15, 0.2) is 67.3 Å². The van der Waals surface area contributed by atoms with Crippen LogP contribution in [0.25, 0.3) is 5.69 Å². The van der Waals surface area contributed by atoms with Gasteiger partial charge in [-0.25, -0.2) is 23.2 Å². The molecule has 0 saturated heterocycles. The van der Waals surface area contributed by atoms with E-state index in [0.29, 0.717) is 0 Å². The molecule has 0 unspecified atom stereocenters. The zero-order chi connectivity index (χ0) is 22.6. The van der Waals surface area contributed by atoms with E-state index in [2.05, 4.69) is 33.2 Å². The summed E-state index contributed by atoms with van der Waals surface area (Å²) in [5.74, 6) is 0.0354. The van der Waals surface area contributed by atoms with Crippen LogP contribution in [0.3, 0.4) is 0 Å². The molecule has 1 aromatic heterocycles. The van der Waals surface area contributed by atoms with Crippen molar-refractivity contribution in [1.29, 1.82) is 0 Å². The van der Waals surface area contributed by atoms with Crippen LogP contribution in [0.2, 0.25) is 0 Å². The van der Waals surface area contributed by atoms with E-state index in [4.69, 9.17) is 18.6 Å². The fraction of sp³-hybridized carbons (Fsp3) is 0.286. The third kappa shape index (κ3) is 6.09. The van der Waals surface area contributed by atoms with Gasteiger partial charge in [0.05, 0.1) is 6.04 Å². The minimum Gasteiger partial charge on any atom is -0.346 e. The lowest BCUT2D eigenvalue weighted by Crippen LogP contribution is -2.68. The molecule has 2 atom stereocenters. The van der Waals surface area contributed by atoms with Gasteiger partial charge in [0.1, 0.15) is 11.7 Å². The summed E-state index contributed by atoms with van der Waals surface area (Å²) >= 11 is 0. The molecule has 31 heavy (non-hydrogen) atoms. The zero-order valence-electron chi connectivity index (χ0n) is 17.1. The van der Waals surface area contributed by atoms with E-state index in [1.807, 2.05) is 67.6 Å². The van der Waals surface area contributed by atoms with Crippen molar-refractivity contribution < 1.29 is 38.2 Å². The topological polar surface area (TPSA) is 143 Å². The standard InChI is InChI=1S/C21H22N4O.ClHO4/c1-15(2)21(26)23-20-18-11-7-6-8-16(18)12-19(20)24-13-22-25(14-24)17-9-4-3-5-10-17;2-1(3,4)5/h3-11,13-15,19-20H,12H2,1-2H3;(H,2,3,4,5)/t19-,20-;/m1./s1. The Balaban J connectivity index is 0.000000491. The van der Waals surface area contributed by atoms with Gasteiger partial charge in [0, 0.05) is 17.4 Å². The van der Waals surface area contributed by atoms with E-state index < -0.39 is 10.2 Å². The number of para-hydroxylation sites is 1. The maximum absolute atomic E-state index is 12.4. The van der Waals surface area contributed by atoms with Gasteiger partial charge in [-0.3, -0.25) is 4.79 Å². The van der Waals surface area contributed by atoms with Crippen molar-refractivity contribution in [1.82, 2.24) is 15.1 Å². The lowest BCUT2D eigenvalue weighted by Gasteiger charge is -2.21. The number of aromatic nitrogens is 3. The molecule has 0 saturated carbocycles. The molecule has 1 amide bonds. The van der Waals surface area contributed by atoms with Gasteiger partial charge in [-0.2, -0.15) is 0 Å². The van der Waals surface area contributed by atoms with Crippen LogP contribution in [0.1, 0.15) is 37.1 Å². The molecule has 0 spiro atoms. The zero-order valence-corrected chi connectivity index (χ0v) is 17.8. The number of halogens is 1. The first-order valence-corrected chi connectivity index (χ1v) is 10.9. The van der Waals surface area contributed by atoms with Crippen molar-refractivity contribution in [3.8, 4) is 5.69 Å². The highest BCUT2D eigenvalue weighted by atomic mass is 35.7. The van der Waals surface area contributed by atoms with Crippen molar-refractivity contribution in [3.05, 3.63) is 78.4 Å². The quantitative estimate of drug-likeness (QED) is 0.460. The second-order valence-corrected chi connectivity index (χ2v) is 8.22. The smallest absolute Gasteiger partial charge is 0.265 e. The second kappa shape index (κ2) is 9.54. The van der Waals surface area contributed by atoms with Crippen LogP contribution in [0, 0.1) is 16.2 Å². The van der Waals surface area contributed by atoms with Crippen molar-refractivity contribution in [2.24, 2.45) is 5.92 Å². The van der Waals surface area contributed by atoms with E-state index in [-0.39, 0.29) is 23.9 Å². The minimum atomic E-state index is -4.94. The molecular formula is C21H23ClN4O5. The first-order valence-electron chi connectivity index (χ1n) is 9.64. The van der Waals surface area contributed by atoms with Crippen LogP contribution in [-0.4, -0.2) is 15.7 Å². The summed E-state index contributed by atoms with van der Waals surface area (Å²) in [4.78, 5) is 12.4. The van der Waals surface area contributed by atoms with Gasteiger partial charge >= 0.3 is 0 Å². The molecular weight excluding hydrogens is 424 g/mol. The van der Waals surface area contributed by atoms with E-state index in [1.165, 1.54) is 11.1 Å². The lowest BCUT2D eigenvalue weighted by atomic mass is 10.1.